The van der Waals surface area contributed by atoms with Crippen LogP contribution in [0.5, 0.6) is 0 Å². The molecular formula is C20H31N. The van der Waals surface area contributed by atoms with E-state index in [9.17, 15) is 0 Å². The molecular weight excluding hydrogens is 254 g/mol. The largest absolute Gasteiger partial charge is 0.316 e. The molecule has 0 spiro atoms. The standard InChI is InChI=1S/C20H31N/c1-2-13-21-16-20(15-18-10-11-19(20)14-18)12-6-9-17-7-4-3-5-8-17/h3-5,7-8,18-19,21H,2,6,9-16H2,1H3. The van der Waals surface area contributed by atoms with Crippen LogP contribution in [0.2, 0.25) is 0 Å². The van der Waals surface area contributed by atoms with Gasteiger partial charge in [-0.15, -0.1) is 0 Å². The molecule has 0 heterocycles. The van der Waals surface area contributed by atoms with Crippen LogP contribution in [0.25, 0.3) is 0 Å². The number of benzene rings is 1. The summed E-state index contributed by atoms with van der Waals surface area (Å²) >= 11 is 0. The Labute approximate surface area is 130 Å². The fourth-order valence-electron chi connectivity index (χ4n) is 4.97. The molecule has 3 atom stereocenters. The minimum Gasteiger partial charge on any atom is -0.316 e. The summed E-state index contributed by atoms with van der Waals surface area (Å²) < 4.78 is 0. The van der Waals surface area contributed by atoms with Crippen molar-refractivity contribution in [2.24, 2.45) is 17.3 Å². The van der Waals surface area contributed by atoms with E-state index < -0.39 is 0 Å². The number of hydrogen-bond acceptors (Lipinski definition) is 1. The highest BCUT2D eigenvalue weighted by atomic mass is 14.9. The fourth-order valence-corrected chi connectivity index (χ4v) is 4.97. The van der Waals surface area contributed by atoms with Crippen molar-refractivity contribution in [3.05, 3.63) is 35.9 Å². The maximum absolute atomic E-state index is 3.75. The molecule has 3 rings (SSSR count). The van der Waals surface area contributed by atoms with Crippen LogP contribution in [0.3, 0.4) is 0 Å². The van der Waals surface area contributed by atoms with Crippen molar-refractivity contribution in [3.63, 3.8) is 0 Å². The quantitative estimate of drug-likeness (QED) is 0.676. The molecule has 1 aromatic carbocycles. The highest BCUT2D eigenvalue weighted by Gasteiger charge is 2.49. The van der Waals surface area contributed by atoms with Crippen LogP contribution in [0.15, 0.2) is 30.3 Å². The second kappa shape index (κ2) is 6.96. The summed E-state index contributed by atoms with van der Waals surface area (Å²) in [5, 5.41) is 3.75. The minimum absolute atomic E-state index is 0.632. The number of hydrogen-bond donors (Lipinski definition) is 1. The first-order valence-corrected chi connectivity index (χ1v) is 9.07. The van der Waals surface area contributed by atoms with Crippen molar-refractivity contribution in [1.29, 1.82) is 0 Å². The van der Waals surface area contributed by atoms with Crippen LogP contribution in [0.4, 0.5) is 0 Å². The number of aryl methyl sites for hydroxylation is 1. The van der Waals surface area contributed by atoms with E-state index in [1.807, 2.05) is 0 Å². The van der Waals surface area contributed by atoms with Crippen LogP contribution in [0, 0.1) is 17.3 Å². The summed E-state index contributed by atoms with van der Waals surface area (Å²) in [4.78, 5) is 0. The SMILES string of the molecule is CCCNCC1(CCCc2ccccc2)CC2CCC1C2. The van der Waals surface area contributed by atoms with Gasteiger partial charge >= 0.3 is 0 Å². The molecule has 0 saturated heterocycles. The summed E-state index contributed by atoms with van der Waals surface area (Å²) in [6.07, 6.45) is 11.4. The van der Waals surface area contributed by atoms with Gasteiger partial charge in [-0.25, -0.2) is 0 Å². The second-order valence-corrected chi connectivity index (χ2v) is 7.46. The van der Waals surface area contributed by atoms with E-state index in [1.54, 1.807) is 0 Å². The molecule has 1 aromatic rings. The number of fused-ring (bicyclic) bond motifs is 2. The average Bonchev–Trinajstić information content (AvgIpc) is 3.10. The number of rotatable bonds is 8. The Hall–Kier alpha value is -0.820. The average molecular weight is 285 g/mol. The lowest BCUT2D eigenvalue weighted by Gasteiger charge is -2.38. The van der Waals surface area contributed by atoms with Gasteiger partial charge in [0.05, 0.1) is 0 Å². The van der Waals surface area contributed by atoms with E-state index in [4.69, 9.17) is 0 Å². The zero-order valence-corrected chi connectivity index (χ0v) is 13.6. The van der Waals surface area contributed by atoms with Gasteiger partial charge in [-0.2, -0.15) is 0 Å². The molecule has 2 saturated carbocycles. The molecule has 21 heavy (non-hydrogen) atoms. The first-order valence-electron chi connectivity index (χ1n) is 9.07. The van der Waals surface area contributed by atoms with Crippen LogP contribution in [-0.4, -0.2) is 13.1 Å². The molecule has 3 unspecified atom stereocenters. The van der Waals surface area contributed by atoms with Crippen molar-refractivity contribution < 1.29 is 0 Å². The Kier molecular flexibility index (Phi) is 5.00. The highest BCUT2D eigenvalue weighted by Crippen LogP contribution is 2.57. The molecule has 2 bridgehead atoms. The van der Waals surface area contributed by atoms with Crippen LogP contribution in [-0.2, 0) is 6.42 Å². The first kappa shape index (κ1) is 15.1. The molecule has 1 heteroatoms. The third kappa shape index (κ3) is 3.51. The lowest BCUT2D eigenvalue weighted by molar-refractivity contribution is 0.139. The summed E-state index contributed by atoms with van der Waals surface area (Å²) in [7, 11) is 0. The Morgan fingerprint density at radius 2 is 2.05 bits per heavy atom. The van der Waals surface area contributed by atoms with Crippen molar-refractivity contribution >= 4 is 0 Å². The Morgan fingerprint density at radius 1 is 1.19 bits per heavy atom. The summed E-state index contributed by atoms with van der Waals surface area (Å²) in [6.45, 7) is 4.74. The molecule has 2 fully saturated rings. The lowest BCUT2D eigenvalue weighted by atomic mass is 9.69. The van der Waals surface area contributed by atoms with Gasteiger partial charge in [0.1, 0.15) is 0 Å². The fraction of sp³-hybridized carbons (Fsp3) is 0.700. The summed E-state index contributed by atoms with van der Waals surface area (Å²) in [5.41, 5.74) is 2.14. The predicted molar refractivity (Wildman–Crippen MR) is 90.4 cm³/mol. The Balaban J connectivity index is 1.55. The van der Waals surface area contributed by atoms with E-state index >= 15 is 0 Å². The molecule has 1 N–H and O–H groups in total. The maximum Gasteiger partial charge on any atom is 0.00106 e. The monoisotopic (exact) mass is 285 g/mol. The molecule has 2 aliphatic carbocycles. The topological polar surface area (TPSA) is 12.0 Å². The van der Waals surface area contributed by atoms with Gasteiger partial charge < -0.3 is 5.32 Å². The molecule has 2 aliphatic rings. The van der Waals surface area contributed by atoms with Crippen LogP contribution < -0.4 is 5.32 Å². The molecule has 0 aliphatic heterocycles. The zero-order chi connectivity index (χ0) is 14.5. The van der Waals surface area contributed by atoms with E-state index in [1.165, 1.54) is 70.0 Å². The van der Waals surface area contributed by atoms with Gasteiger partial charge in [0.15, 0.2) is 0 Å². The Morgan fingerprint density at radius 3 is 2.71 bits per heavy atom. The molecule has 1 nitrogen and oxygen atoms in total. The molecule has 0 aromatic heterocycles. The maximum atomic E-state index is 3.75. The highest BCUT2D eigenvalue weighted by molar-refractivity contribution is 5.14. The van der Waals surface area contributed by atoms with E-state index in [0.717, 1.165) is 11.8 Å². The minimum atomic E-state index is 0.632. The lowest BCUT2D eigenvalue weighted by Crippen LogP contribution is -2.39. The van der Waals surface area contributed by atoms with Crippen LogP contribution in [0.1, 0.15) is 57.4 Å². The normalized spacial score (nSPS) is 30.9. The van der Waals surface area contributed by atoms with Crippen LogP contribution >= 0.6 is 0 Å². The van der Waals surface area contributed by atoms with E-state index in [0.29, 0.717) is 5.41 Å². The van der Waals surface area contributed by atoms with Gasteiger partial charge in [0.25, 0.3) is 0 Å². The van der Waals surface area contributed by atoms with Crippen molar-refractivity contribution in [1.82, 2.24) is 5.32 Å². The van der Waals surface area contributed by atoms with Crippen molar-refractivity contribution in [2.75, 3.05) is 13.1 Å². The van der Waals surface area contributed by atoms with Gasteiger partial charge in [0.2, 0.25) is 0 Å². The smallest absolute Gasteiger partial charge is 0.00106 e. The van der Waals surface area contributed by atoms with Gasteiger partial charge in [0, 0.05) is 6.54 Å². The van der Waals surface area contributed by atoms with Crippen molar-refractivity contribution in [3.8, 4) is 0 Å². The molecule has 0 radical (unpaired) electrons. The summed E-state index contributed by atoms with van der Waals surface area (Å²) in [5.74, 6) is 2.07. The second-order valence-electron chi connectivity index (χ2n) is 7.46. The first-order chi connectivity index (χ1) is 10.3. The Bertz CT molecular complexity index is 427. The third-order valence-electron chi connectivity index (χ3n) is 5.99. The predicted octanol–water partition coefficient (Wildman–Crippen LogP) is 4.82. The number of nitrogens with one attached hydrogen (secondary N) is 1. The zero-order valence-electron chi connectivity index (χ0n) is 13.6. The molecule has 116 valence electrons. The van der Waals surface area contributed by atoms with Crippen molar-refractivity contribution in [2.45, 2.75) is 58.3 Å². The summed E-state index contributed by atoms with van der Waals surface area (Å²) in [6, 6.07) is 11.0. The van der Waals surface area contributed by atoms with Gasteiger partial charge in [-0.1, -0.05) is 43.7 Å². The molecule has 0 amide bonds. The van der Waals surface area contributed by atoms with E-state index in [-0.39, 0.29) is 0 Å². The third-order valence-corrected chi connectivity index (χ3v) is 5.99. The van der Waals surface area contributed by atoms with Gasteiger partial charge in [-0.3, -0.25) is 0 Å². The van der Waals surface area contributed by atoms with Gasteiger partial charge in [-0.05, 0) is 74.3 Å². The van der Waals surface area contributed by atoms with E-state index in [2.05, 4.69) is 42.6 Å².